The summed E-state index contributed by atoms with van der Waals surface area (Å²) in [6.07, 6.45) is 7.80. The number of carbonyl (C=O) groups excluding carboxylic acids is 1. The molecule has 4 fully saturated rings. The molecular formula is C20H25F2NO2. The van der Waals surface area contributed by atoms with Gasteiger partial charge in [0.2, 0.25) is 0 Å². The summed E-state index contributed by atoms with van der Waals surface area (Å²) in [5, 5.41) is 3.10. The molecule has 1 amide bonds. The Labute approximate surface area is 147 Å². The van der Waals surface area contributed by atoms with Gasteiger partial charge >= 0.3 is 0 Å². The maximum atomic E-state index is 13.2. The van der Waals surface area contributed by atoms with Crippen LogP contribution in [-0.2, 0) is 4.79 Å². The van der Waals surface area contributed by atoms with Gasteiger partial charge in [-0.05, 0) is 80.8 Å². The van der Waals surface area contributed by atoms with Gasteiger partial charge in [-0.25, -0.2) is 8.78 Å². The molecule has 4 saturated carbocycles. The second-order valence-electron chi connectivity index (χ2n) is 8.43. The molecule has 4 aliphatic carbocycles. The summed E-state index contributed by atoms with van der Waals surface area (Å²) in [5.74, 6) is 0.577. The number of benzene rings is 1. The Morgan fingerprint density at radius 2 is 1.76 bits per heavy atom. The van der Waals surface area contributed by atoms with E-state index >= 15 is 0 Å². The zero-order valence-corrected chi connectivity index (χ0v) is 14.6. The quantitative estimate of drug-likeness (QED) is 0.870. The summed E-state index contributed by atoms with van der Waals surface area (Å²) < 4.78 is 31.4. The lowest BCUT2D eigenvalue weighted by Gasteiger charge is -2.59. The van der Waals surface area contributed by atoms with Crippen molar-refractivity contribution in [2.24, 2.45) is 23.2 Å². The monoisotopic (exact) mass is 349 g/mol. The summed E-state index contributed by atoms with van der Waals surface area (Å²) in [5.41, 5.74) is 0.242. The van der Waals surface area contributed by atoms with E-state index in [0.717, 1.165) is 29.9 Å². The number of rotatable bonds is 5. The Balaban J connectivity index is 1.34. The van der Waals surface area contributed by atoms with Gasteiger partial charge in [0.1, 0.15) is 5.75 Å². The maximum absolute atomic E-state index is 13.2. The van der Waals surface area contributed by atoms with Crippen LogP contribution in [0.25, 0.3) is 0 Å². The van der Waals surface area contributed by atoms with E-state index in [1.54, 1.807) is 0 Å². The molecule has 1 N–H and O–H groups in total. The third-order valence-electron chi connectivity index (χ3n) is 6.64. The first kappa shape index (κ1) is 16.8. The lowest BCUT2D eigenvalue weighted by Crippen LogP contribution is -2.56. The van der Waals surface area contributed by atoms with Crippen LogP contribution in [0.1, 0.15) is 45.4 Å². The smallest absolute Gasteiger partial charge is 0.258 e. The first-order valence-electron chi connectivity index (χ1n) is 9.31. The van der Waals surface area contributed by atoms with E-state index in [-0.39, 0.29) is 29.7 Å². The maximum Gasteiger partial charge on any atom is 0.258 e. The van der Waals surface area contributed by atoms with E-state index in [1.807, 2.05) is 0 Å². The van der Waals surface area contributed by atoms with Crippen molar-refractivity contribution in [1.29, 1.82) is 0 Å². The van der Waals surface area contributed by atoms with Crippen molar-refractivity contribution in [1.82, 2.24) is 5.32 Å². The van der Waals surface area contributed by atoms with Gasteiger partial charge in [0.25, 0.3) is 5.91 Å². The van der Waals surface area contributed by atoms with Crippen molar-refractivity contribution in [3.63, 3.8) is 0 Å². The molecule has 0 spiro atoms. The normalized spacial score (nSPS) is 34.0. The van der Waals surface area contributed by atoms with Gasteiger partial charge in [-0.2, -0.15) is 0 Å². The third kappa shape index (κ3) is 3.25. The topological polar surface area (TPSA) is 38.3 Å². The fourth-order valence-corrected chi connectivity index (χ4v) is 5.86. The predicted molar refractivity (Wildman–Crippen MR) is 90.1 cm³/mol. The molecule has 136 valence electrons. The molecular weight excluding hydrogens is 324 g/mol. The predicted octanol–water partition coefficient (Wildman–Crippen LogP) is 4.06. The molecule has 0 aliphatic heterocycles. The highest BCUT2D eigenvalue weighted by Gasteiger charge is 2.53. The van der Waals surface area contributed by atoms with Crippen molar-refractivity contribution >= 4 is 5.91 Å². The number of hydrogen-bond acceptors (Lipinski definition) is 2. The number of hydrogen-bond donors (Lipinski definition) is 1. The fraction of sp³-hybridized carbons (Fsp3) is 0.650. The average Bonchev–Trinajstić information content (AvgIpc) is 2.54. The van der Waals surface area contributed by atoms with Gasteiger partial charge in [-0.15, -0.1) is 0 Å². The van der Waals surface area contributed by atoms with Crippen molar-refractivity contribution in [2.75, 3.05) is 6.61 Å². The molecule has 3 nitrogen and oxygen atoms in total. The summed E-state index contributed by atoms with van der Waals surface area (Å²) in [6, 6.07) is 3.42. The minimum absolute atomic E-state index is 0.127. The second-order valence-corrected chi connectivity index (χ2v) is 8.43. The summed E-state index contributed by atoms with van der Waals surface area (Å²) in [6.45, 7) is 1.93. The Kier molecular flexibility index (Phi) is 4.20. The Morgan fingerprint density at radius 3 is 2.32 bits per heavy atom. The fourth-order valence-electron chi connectivity index (χ4n) is 5.86. The molecule has 4 aliphatic rings. The van der Waals surface area contributed by atoms with E-state index in [2.05, 4.69) is 12.2 Å². The molecule has 25 heavy (non-hydrogen) atoms. The number of carbonyl (C=O) groups is 1. The van der Waals surface area contributed by atoms with Crippen molar-refractivity contribution in [3.05, 3.63) is 29.8 Å². The van der Waals surface area contributed by atoms with Crippen LogP contribution in [0.2, 0.25) is 0 Å². The van der Waals surface area contributed by atoms with E-state index < -0.39 is 11.6 Å². The average molecular weight is 349 g/mol. The zero-order chi connectivity index (χ0) is 17.6. The zero-order valence-electron chi connectivity index (χ0n) is 14.6. The van der Waals surface area contributed by atoms with Gasteiger partial charge in [0, 0.05) is 12.1 Å². The van der Waals surface area contributed by atoms with Crippen molar-refractivity contribution < 1.29 is 18.3 Å². The van der Waals surface area contributed by atoms with E-state index in [9.17, 15) is 13.6 Å². The Bertz CT molecular complexity index is 640. The molecule has 0 aromatic heterocycles. The van der Waals surface area contributed by atoms with Crippen LogP contribution in [0.4, 0.5) is 8.78 Å². The molecule has 1 aromatic carbocycles. The largest absolute Gasteiger partial charge is 0.484 e. The van der Waals surface area contributed by atoms with Crippen LogP contribution in [0, 0.1) is 34.8 Å². The summed E-state index contributed by atoms with van der Waals surface area (Å²) in [4.78, 5) is 12.3. The van der Waals surface area contributed by atoms with E-state index in [0.29, 0.717) is 0 Å². The second kappa shape index (κ2) is 6.26. The molecule has 4 bridgehead atoms. The van der Waals surface area contributed by atoms with Crippen LogP contribution >= 0.6 is 0 Å². The third-order valence-corrected chi connectivity index (χ3v) is 6.64. The molecule has 1 atom stereocenters. The van der Waals surface area contributed by atoms with Crippen molar-refractivity contribution in [3.8, 4) is 5.75 Å². The highest BCUT2D eigenvalue weighted by molar-refractivity contribution is 5.77. The van der Waals surface area contributed by atoms with Gasteiger partial charge in [0.15, 0.2) is 18.2 Å². The molecule has 1 unspecified atom stereocenters. The van der Waals surface area contributed by atoms with Crippen LogP contribution in [0.5, 0.6) is 5.75 Å². The molecule has 0 heterocycles. The summed E-state index contributed by atoms with van der Waals surface area (Å²) in [7, 11) is 0. The first-order valence-corrected chi connectivity index (χ1v) is 9.31. The minimum Gasteiger partial charge on any atom is -0.484 e. The Hall–Kier alpha value is -1.65. The van der Waals surface area contributed by atoms with E-state index in [4.69, 9.17) is 4.74 Å². The number of ether oxygens (including phenoxy) is 1. The molecule has 1 aromatic rings. The number of halogens is 2. The summed E-state index contributed by atoms with van der Waals surface area (Å²) >= 11 is 0. The van der Waals surface area contributed by atoms with Gasteiger partial charge in [-0.3, -0.25) is 4.79 Å². The van der Waals surface area contributed by atoms with Gasteiger partial charge < -0.3 is 10.1 Å². The highest BCUT2D eigenvalue weighted by Crippen LogP contribution is 2.61. The molecule has 5 rings (SSSR count). The number of nitrogens with one attached hydrogen (secondary N) is 1. The van der Waals surface area contributed by atoms with Crippen LogP contribution < -0.4 is 10.1 Å². The molecule has 0 radical (unpaired) electrons. The standard InChI is InChI=1S/C20H25F2NO2/c1-12(20-8-13-4-14(9-20)6-15(5-13)10-20)23-19(24)11-25-16-2-3-17(21)18(22)7-16/h2-3,7,12-15H,4-6,8-11H2,1H3,(H,23,24). The SMILES string of the molecule is CC(NC(=O)COc1ccc(F)c(F)c1)C12CC3CC(CC(C3)C1)C2. The Morgan fingerprint density at radius 1 is 1.16 bits per heavy atom. The lowest BCUT2D eigenvalue weighted by atomic mass is 9.48. The van der Waals surface area contributed by atoms with Crippen LogP contribution in [0.15, 0.2) is 18.2 Å². The van der Waals surface area contributed by atoms with Gasteiger partial charge in [0.05, 0.1) is 0 Å². The number of amides is 1. The van der Waals surface area contributed by atoms with E-state index in [1.165, 1.54) is 44.6 Å². The van der Waals surface area contributed by atoms with Crippen LogP contribution in [0.3, 0.4) is 0 Å². The minimum atomic E-state index is -0.972. The molecule has 5 heteroatoms. The van der Waals surface area contributed by atoms with Gasteiger partial charge in [-0.1, -0.05) is 0 Å². The lowest BCUT2D eigenvalue weighted by molar-refractivity contribution is -0.127. The van der Waals surface area contributed by atoms with Crippen LogP contribution in [-0.4, -0.2) is 18.6 Å². The first-order chi connectivity index (χ1) is 11.9. The van der Waals surface area contributed by atoms with Crippen molar-refractivity contribution in [2.45, 2.75) is 51.5 Å². The highest BCUT2D eigenvalue weighted by atomic mass is 19.2. The molecule has 0 saturated heterocycles.